The smallest absolute Gasteiger partial charge is 0.200 e. The fraction of sp³-hybridized carbons (Fsp3) is 0. The number of hydrogen-bond acceptors (Lipinski definition) is 4. The van der Waals surface area contributed by atoms with Crippen LogP contribution in [-0.2, 0) is 0 Å². The molecule has 0 saturated carbocycles. The first-order chi connectivity index (χ1) is 8.65. The highest BCUT2D eigenvalue weighted by atomic mass is 35.5. The fourth-order valence-corrected chi connectivity index (χ4v) is 1.64. The number of nitriles is 2. The SMILES string of the molecule is N#CC(C#N)=Cc1coc2ccc(Cl)cc2c1=O. The zero-order valence-corrected chi connectivity index (χ0v) is 9.73. The van der Waals surface area contributed by atoms with Gasteiger partial charge in [0, 0.05) is 5.02 Å². The molecule has 0 saturated heterocycles. The average molecular weight is 257 g/mol. The third-order valence-corrected chi connectivity index (χ3v) is 2.54. The normalized spacial score (nSPS) is 9.50. The van der Waals surface area contributed by atoms with Gasteiger partial charge in [-0.2, -0.15) is 10.5 Å². The topological polar surface area (TPSA) is 77.8 Å². The highest BCUT2D eigenvalue weighted by Gasteiger charge is 2.06. The minimum absolute atomic E-state index is 0.142. The van der Waals surface area contributed by atoms with Gasteiger partial charge in [-0.15, -0.1) is 0 Å². The van der Waals surface area contributed by atoms with Crippen LogP contribution >= 0.6 is 11.6 Å². The zero-order valence-electron chi connectivity index (χ0n) is 8.98. The molecule has 0 aliphatic rings. The molecular weight excluding hydrogens is 252 g/mol. The van der Waals surface area contributed by atoms with Gasteiger partial charge in [0.1, 0.15) is 29.6 Å². The van der Waals surface area contributed by atoms with Crippen molar-refractivity contribution in [1.29, 1.82) is 10.5 Å². The molecule has 2 aromatic rings. The molecule has 86 valence electrons. The number of nitrogens with zero attached hydrogens (tertiary/aromatic N) is 2. The second-order valence-corrected chi connectivity index (χ2v) is 3.88. The Balaban J connectivity index is 2.74. The van der Waals surface area contributed by atoms with E-state index in [2.05, 4.69) is 0 Å². The molecule has 0 fully saturated rings. The van der Waals surface area contributed by atoms with E-state index in [0.29, 0.717) is 16.0 Å². The van der Waals surface area contributed by atoms with Crippen LogP contribution in [0.4, 0.5) is 0 Å². The van der Waals surface area contributed by atoms with Crippen LogP contribution in [0, 0.1) is 22.7 Å². The summed E-state index contributed by atoms with van der Waals surface area (Å²) >= 11 is 5.80. The first-order valence-corrected chi connectivity index (χ1v) is 5.26. The minimum atomic E-state index is -0.332. The molecule has 1 aromatic heterocycles. The molecule has 0 N–H and O–H groups in total. The van der Waals surface area contributed by atoms with E-state index < -0.39 is 0 Å². The summed E-state index contributed by atoms with van der Waals surface area (Å²) in [6.07, 6.45) is 2.40. The molecule has 4 nitrogen and oxygen atoms in total. The lowest BCUT2D eigenvalue weighted by Gasteiger charge is -1.98. The van der Waals surface area contributed by atoms with E-state index in [9.17, 15) is 4.79 Å². The van der Waals surface area contributed by atoms with E-state index in [1.807, 2.05) is 0 Å². The lowest BCUT2D eigenvalue weighted by atomic mass is 10.1. The Kier molecular flexibility index (Phi) is 3.14. The van der Waals surface area contributed by atoms with Crippen LogP contribution in [0.5, 0.6) is 0 Å². The molecule has 0 amide bonds. The minimum Gasteiger partial charge on any atom is -0.463 e. The lowest BCUT2D eigenvalue weighted by molar-refractivity contribution is 0.601. The Labute approximate surface area is 107 Å². The molecule has 0 unspecified atom stereocenters. The molecule has 2 rings (SSSR count). The van der Waals surface area contributed by atoms with Crippen molar-refractivity contribution in [2.24, 2.45) is 0 Å². The number of halogens is 1. The Morgan fingerprint density at radius 1 is 1.33 bits per heavy atom. The maximum Gasteiger partial charge on any atom is 0.200 e. The van der Waals surface area contributed by atoms with Crippen LogP contribution in [-0.4, -0.2) is 0 Å². The zero-order chi connectivity index (χ0) is 13.1. The summed E-state index contributed by atoms with van der Waals surface area (Å²) in [4.78, 5) is 12.1. The fourth-order valence-electron chi connectivity index (χ4n) is 1.46. The second kappa shape index (κ2) is 4.75. The summed E-state index contributed by atoms with van der Waals surface area (Å²) in [5.74, 6) is 0. The quantitative estimate of drug-likeness (QED) is 0.735. The number of hydrogen-bond donors (Lipinski definition) is 0. The van der Waals surface area contributed by atoms with Gasteiger partial charge in [-0.05, 0) is 24.3 Å². The predicted octanol–water partition coefficient (Wildman–Crippen LogP) is 2.88. The Morgan fingerprint density at radius 2 is 2.06 bits per heavy atom. The van der Waals surface area contributed by atoms with Gasteiger partial charge in [0.15, 0.2) is 5.43 Å². The van der Waals surface area contributed by atoms with Gasteiger partial charge in [-0.3, -0.25) is 4.79 Å². The van der Waals surface area contributed by atoms with Crippen LogP contribution in [0.25, 0.3) is 17.0 Å². The van der Waals surface area contributed by atoms with Gasteiger partial charge in [-0.25, -0.2) is 0 Å². The molecule has 0 radical (unpaired) electrons. The summed E-state index contributed by atoms with van der Waals surface area (Å²) < 4.78 is 5.25. The maximum absolute atomic E-state index is 12.1. The maximum atomic E-state index is 12.1. The van der Waals surface area contributed by atoms with Crippen LogP contribution < -0.4 is 5.43 Å². The summed E-state index contributed by atoms with van der Waals surface area (Å²) in [5, 5.41) is 18.0. The third-order valence-electron chi connectivity index (χ3n) is 2.30. The highest BCUT2D eigenvalue weighted by Crippen LogP contribution is 2.17. The van der Waals surface area contributed by atoms with Gasteiger partial charge in [0.25, 0.3) is 0 Å². The predicted molar refractivity (Wildman–Crippen MR) is 66.7 cm³/mol. The number of fused-ring (bicyclic) bond motifs is 1. The average Bonchev–Trinajstić information content (AvgIpc) is 2.39. The van der Waals surface area contributed by atoms with Gasteiger partial charge < -0.3 is 4.42 Å². The Bertz CT molecular complexity index is 775. The second-order valence-electron chi connectivity index (χ2n) is 3.44. The lowest BCUT2D eigenvalue weighted by Crippen LogP contribution is -2.05. The van der Waals surface area contributed by atoms with Crippen molar-refractivity contribution in [3.8, 4) is 12.1 Å². The van der Waals surface area contributed by atoms with Crippen molar-refractivity contribution in [2.45, 2.75) is 0 Å². The summed E-state index contributed by atoms with van der Waals surface area (Å²) in [7, 11) is 0. The van der Waals surface area contributed by atoms with Crippen LogP contribution in [0.15, 0.2) is 39.2 Å². The van der Waals surface area contributed by atoms with Gasteiger partial charge in [0.2, 0.25) is 0 Å². The first-order valence-electron chi connectivity index (χ1n) is 4.88. The third kappa shape index (κ3) is 2.10. The molecule has 1 aromatic carbocycles. The van der Waals surface area contributed by atoms with Crippen molar-refractivity contribution in [2.75, 3.05) is 0 Å². The first kappa shape index (κ1) is 11.9. The number of rotatable bonds is 1. The molecule has 0 bridgehead atoms. The monoisotopic (exact) mass is 256 g/mol. The number of benzene rings is 1. The van der Waals surface area contributed by atoms with Gasteiger partial charge >= 0.3 is 0 Å². The Hall–Kier alpha value is -2.56. The van der Waals surface area contributed by atoms with E-state index >= 15 is 0 Å². The standard InChI is InChI=1S/C13H5ClN2O2/c14-10-1-2-12-11(4-10)13(17)9(7-18-12)3-8(5-15)6-16/h1-4,7H. The van der Waals surface area contributed by atoms with Crippen LogP contribution in [0.1, 0.15) is 5.56 Å². The number of allylic oxidation sites excluding steroid dienone is 1. The largest absolute Gasteiger partial charge is 0.463 e. The van der Waals surface area contributed by atoms with Crippen molar-refractivity contribution in [3.05, 3.63) is 50.8 Å². The molecule has 1 heterocycles. The molecule has 0 spiro atoms. The molecule has 0 atom stereocenters. The van der Waals surface area contributed by atoms with E-state index in [1.54, 1.807) is 24.3 Å². The molecule has 5 heteroatoms. The molecule has 0 aliphatic heterocycles. The summed E-state index contributed by atoms with van der Waals surface area (Å²) in [5.41, 5.74) is 0.0466. The van der Waals surface area contributed by atoms with E-state index in [-0.39, 0.29) is 16.6 Å². The Morgan fingerprint density at radius 3 is 2.72 bits per heavy atom. The van der Waals surface area contributed by atoms with Gasteiger partial charge in [-0.1, -0.05) is 11.6 Å². The molecular formula is C13H5ClN2O2. The van der Waals surface area contributed by atoms with Gasteiger partial charge in [0.05, 0.1) is 10.9 Å². The van der Waals surface area contributed by atoms with E-state index in [1.165, 1.54) is 18.4 Å². The van der Waals surface area contributed by atoms with Crippen LogP contribution in [0.3, 0.4) is 0 Å². The molecule has 0 aliphatic carbocycles. The highest BCUT2D eigenvalue weighted by molar-refractivity contribution is 6.31. The van der Waals surface area contributed by atoms with Crippen LogP contribution in [0.2, 0.25) is 5.02 Å². The van der Waals surface area contributed by atoms with E-state index in [4.69, 9.17) is 26.5 Å². The molecule has 18 heavy (non-hydrogen) atoms. The summed E-state index contributed by atoms with van der Waals surface area (Å²) in [6, 6.07) is 8.04. The van der Waals surface area contributed by atoms with Crippen molar-refractivity contribution in [1.82, 2.24) is 0 Å². The van der Waals surface area contributed by atoms with E-state index in [0.717, 1.165) is 0 Å². The summed E-state index contributed by atoms with van der Waals surface area (Å²) in [6.45, 7) is 0. The van der Waals surface area contributed by atoms with Crippen molar-refractivity contribution >= 4 is 28.6 Å². The van der Waals surface area contributed by atoms with Crippen molar-refractivity contribution in [3.63, 3.8) is 0 Å². The van der Waals surface area contributed by atoms with Crippen molar-refractivity contribution < 1.29 is 4.42 Å².